The number of amides is 1. The number of carbonyl (C=O) groups excluding carboxylic acids is 2. The first kappa shape index (κ1) is 38.3. The fourth-order valence-corrected chi connectivity index (χ4v) is 4.59. The first-order valence-corrected chi connectivity index (χ1v) is 14.6. The Hall–Kier alpha value is -3.72. The summed E-state index contributed by atoms with van der Waals surface area (Å²) in [6.45, 7) is 19.9. The molecule has 2 rings (SSSR count). The smallest absolute Gasteiger partial charge is 0.234 e. The summed E-state index contributed by atoms with van der Waals surface area (Å²) in [5.41, 5.74) is 6.18. The third-order valence-corrected chi connectivity index (χ3v) is 7.55. The molecule has 2 aliphatic rings. The number of carbonyl (C=O) groups is 2. The highest BCUT2D eigenvalue weighted by Crippen LogP contribution is 2.41. The molecule has 2 unspecified atom stereocenters. The number of amidine groups is 1. The highest BCUT2D eigenvalue weighted by molar-refractivity contribution is 5.97. The Morgan fingerprint density at radius 3 is 2.50 bits per heavy atom. The first-order chi connectivity index (χ1) is 20.8. The fraction of sp³-hybridized carbons (Fsp3) is 0.545. The van der Waals surface area contributed by atoms with Crippen molar-refractivity contribution in [3.8, 4) is 12.3 Å². The number of oxime groups is 1. The van der Waals surface area contributed by atoms with E-state index >= 15 is 0 Å². The van der Waals surface area contributed by atoms with E-state index in [9.17, 15) is 14.0 Å². The number of rotatable bonds is 11. The van der Waals surface area contributed by atoms with Crippen LogP contribution in [0.1, 0.15) is 60.3 Å². The monoisotopic (exact) mass is 612 g/mol. The molecule has 2 fully saturated rings. The second-order valence-corrected chi connectivity index (χ2v) is 11.8. The Balaban J connectivity index is 0.00000123. The molecule has 0 aromatic rings. The topological polar surface area (TPSA) is 131 Å². The molecule has 44 heavy (non-hydrogen) atoms. The number of aliphatic imine (C=N–C) groups is 2. The van der Waals surface area contributed by atoms with E-state index in [1.807, 2.05) is 32.8 Å². The summed E-state index contributed by atoms with van der Waals surface area (Å²) in [6, 6.07) is -0.208. The zero-order valence-electron chi connectivity index (χ0n) is 27.1. The van der Waals surface area contributed by atoms with Crippen LogP contribution in [0.15, 0.2) is 63.1 Å². The van der Waals surface area contributed by atoms with Crippen LogP contribution in [0.5, 0.6) is 0 Å². The van der Waals surface area contributed by atoms with Gasteiger partial charge in [0.25, 0.3) is 0 Å². The lowest BCUT2D eigenvalue weighted by atomic mass is 9.75. The highest BCUT2D eigenvalue weighted by Gasteiger charge is 2.43. The number of ether oxygens (including phenoxy) is 1. The summed E-state index contributed by atoms with van der Waals surface area (Å²) < 4.78 is 20.0. The molecule has 0 aromatic heterocycles. The van der Waals surface area contributed by atoms with Crippen molar-refractivity contribution in [1.82, 2.24) is 10.2 Å². The van der Waals surface area contributed by atoms with E-state index < -0.39 is 5.83 Å². The summed E-state index contributed by atoms with van der Waals surface area (Å²) >= 11 is 0. The zero-order valence-corrected chi connectivity index (χ0v) is 27.1. The molecule has 0 bridgehead atoms. The molecule has 0 radical (unpaired) electrons. The van der Waals surface area contributed by atoms with Crippen molar-refractivity contribution < 1.29 is 23.6 Å². The quantitative estimate of drug-likeness (QED) is 0.0672. The Kier molecular flexibility index (Phi) is 16.4. The number of terminal acetylenes is 1. The van der Waals surface area contributed by atoms with Crippen LogP contribution < -0.4 is 11.1 Å². The van der Waals surface area contributed by atoms with Crippen molar-refractivity contribution >= 4 is 30.5 Å². The normalized spacial score (nSPS) is 21.5. The summed E-state index contributed by atoms with van der Waals surface area (Å²) in [5.74, 6) is 1.55. The summed E-state index contributed by atoms with van der Waals surface area (Å²) in [6.07, 6.45) is 15.0. The van der Waals surface area contributed by atoms with Crippen molar-refractivity contribution in [3.63, 3.8) is 0 Å². The molecule has 0 saturated carbocycles. The van der Waals surface area contributed by atoms with Gasteiger partial charge in [0.1, 0.15) is 0 Å². The van der Waals surface area contributed by atoms with Gasteiger partial charge in [-0.25, -0.2) is 4.99 Å². The number of likely N-dealkylation sites (N-methyl/N-ethyl adjacent to an activating group) is 1. The molecule has 1 spiro atoms. The SMILES string of the molecule is C#C/C(F)=C(C=O)\C=C/CC(/C=C1\COC2(CCN(CO/N=C(\N=C)C(C)(C)C)CC2)C(C)C1)=NC=C.CNC(C)C(N)=O. The van der Waals surface area contributed by atoms with Crippen molar-refractivity contribution in [2.75, 3.05) is 33.5 Å². The van der Waals surface area contributed by atoms with Crippen molar-refractivity contribution in [2.45, 2.75) is 71.9 Å². The molecule has 3 N–H and O–H groups in total. The van der Waals surface area contributed by atoms with Gasteiger partial charge in [0.15, 0.2) is 24.7 Å². The van der Waals surface area contributed by atoms with E-state index in [0.29, 0.717) is 37.8 Å². The highest BCUT2D eigenvalue weighted by atomic mass is 19.1. The molecule has 2 heterocycles. The van der Waals surface area contributed by atoms with Crippen LogP contribution in [0.2, 0.25) is 0 Å². The van der Waals surface area contributed by atoms with Gasteiger partial charge in [-0.05, 0) is 63.4 Å². The Labute approximate surface area is 262 Å². The molecule has 242 valence electrons. The number of nitrogens with one attached hydrogen (secondary N) is 1. The molecular formula is C33H49FN6O4. The van der Waals surface area contributed by atoms with Crippen LogP contribution in [0.4, 0.5) is 4.39 Å². The number of hydrogen-bond donors (Lipinski definition) is 2. The van der Waals surface area contributed by atoms with Gasteiger partial charge in [-0.2, -0.15) is 4.39 Å². The number of nitrogens with zero attached hydrogens (tertiary/aromatic N) is 4. The molecule has 0 aliphatic carbocycles. The number of hydrogen-bond acceptors (Lipinski definition) is 8. The second kappa shape index (κ2) is 18.8. The Morgan fingerprint density at radius 1 is 1.39 bits per heavy atom. The molecular weight excluding hydrogens is 563 g/mol. The van der Waals surface area contributed by atoms with Crippen LogP contribution in [-0.2, 0) is 19.2 Å². The number of nitrogens with two attached hydrogens (primary N) is 1. The van der Waals surface area contributed by atoms with Crippen LogP contribution in [0, 0.1) is 23.7 Å². The molecule has 0 aromatic carbocycles. The van der Waals surface area contributed by atoms with Gasteiger partial charge in [-0.15, -0.1) is 6.42 Å². The van der Waals surface area contributed by atoms with Gasteiger partial charge in [-0.1, -0.05) is 51.6 Å². The third-order valence-electron chi connectivity index (χ3n) is 7.55. The van der Waals surface area contributed by atoms with Gasteiger partial charge >= 0.3 is 0 Å². The standard InChI is InChI=1S/C29H39FN4O3.C4H10N2O/c1-8-26(30)24(19-35)11-10-12-25(32-9-2)18-23-17-22(3)29(36-20-23)13-15-34(16-14-29)21-37-33-27(31-7)28(4,5)6;1-3(6-2)4(5)7/h1,9-11,18-19,22H,2,7,12-17,20-21H2,3-6H3;3,6H,1-2H3,(H2,5,7)/b11-10-,23-18-,26-24-,32-25?,33-27-;. The predicted octanol–water partition coefficient (Wildman–Crippen LogP) is 4.50. The number of piperidine rings is 1. The van der Waals surface area contributed by atoms with Gasteiger partial charge in [0, 0.05) is 36.8 Å². The first-order valence-electron chi connectivity index (χ1n) is 14.6. The average Bonchev–Trinajstić information content (AvgIpc) is 2.99. The van der Waals surface area contributed by atoms with E-state index in [2.05, 4.69) is 45.6 Å². The largest absolute Gasteiger partial charge is 0.378 e. The van der Waals surface area contributed by atoms with E-state index in [-0.39, 0.29) is 28.5 Å². The van der Waals surface area contributed by atoms with Crippen LogP contribution >= 0.6 is 0 Å². The van der Waals surface area contributed by atoms with Crippen LogP contribution in [-0.4, -0.2) is 80.5 Å². The van der Waals surface area contributed by atoms with E-state index in [1.165, 1.54) is 12.3 Å². The summed E-state index contributed by atoms with van der Waals surface area (Å²) in [4.78, 5) is 37.2. The van der Waals surface area contributed by atoms with Gasteiger partial charge in [-0.3, -0.25) is 19.5 Å². The minimum atomic E-state index is -0.889. The number of allylic oxidation sites excluding steroid dienone is 5. The zero-order chi connectivity index (χ0) is 33.3. The lowest BCUT2D eigenvalue weighted by Gasteiger charge is -2.48. The molecule has 10 nitrogen and oxygen atoms in total. The number of halogens is 1. The number of primary amides is 1. The van der Waals surface area contributed by atoms with E-state index in [1.54, 1.807) is 20.0 Å². The predicted molar refractivity (Wildman–Crippen MR) is 176 cm³/mol. The minimum absolute atomic E-state index is 0.164. The van der Waals surface area contributed by atoms with E-state index in [4.69, 9.17) is 21.7 Å². The second-order valence-electron chi connectivity index (χ2n) is 11.8. The van der Waals surface area contributed by atoms with E-state index in [0.717, 1.165) is 43.6 Å². The number of likely N-dealkylation sites (tertiary alicyclic amines) is 1. The summed E-state index contributed by atoms with van der Waals surface area (Å²) in [7, 11) is 1.69. The Morgan fingerprint density at radius 2 is 2.05 bits per heavy atom. The van der Waals surface area contributed by atoms with Crippen molar-refractivity contribution in [2.24, 2.45) is 32.2 Å². The molecule has 2 saturated heterocycles. The average molecular weight is 613 g/mol. The Bertz CT molecular complexity index is 1200. The summed E-state index contributed by atoms with van der Waals surface area (Å²) in [5, 5.41) is 6.85. The van der Waals surface area contributed by atoms with Crippen molar-refractivity contribution in [1.29, 1.82) is 0 Å². The lowest BCUT2D eigenvalue weighted by Crippen LogP contribution is -2.52. The maximum Gasteiger partial charge on any atom is 0.234 e. The minimum Gasteiger partial charge on any atom is -0.378 e. The maximum atomic E-state index is 13.5. The molecule has 2 aliphatic heterocycles. The fourth-order valence-electron chi connectivity index (χ4n) is 4.59. The molecule has 11 heteroatoms. The van der Waals surface area contributed by atoms with Gasteiger partial charge in [0.05, 0.1) is 23.8 Å². The lowest BCUT2D eigenvalue weighted by molar-refractivity contribution is -0.135. The third kappa shape index (κ3) is 12.5. The van der Waals surface area contributed by atoms with Crippen molar-refractivity contribution in [3.05, 3.63) is 48.0 Å². The number of aldehydes is 1. The maximum absolute atomic E-state index is 13.5. The molecule has 1 amide bonds. The van der Waals surface area contributed by atoms with Gasteiger partial charge in [0.2, 0.25) is 5.91 Å². The van der Waals surface area contributed by atoms with Gasteiger partial charge < -0.3 is 20.6 Å². The van der Waals surface area contributed by atoms with Crippen LogP contribution in [0.3, 0.4) is 0 Å². The molecule has 2 atom stereocenters. The van der Waals surface area contributed by atoms with Crippen LogP contribution in [0.25, 0.3) is 0 Å².